The second-order valence-electron chi connectivity index (χ2n) is 20.5. The number of unbranched alkanes of at least 4 members (excludes halogenated alkanes) is 36. The van der Waals surface area contributed by atoms with Crippen molar-refractivity contribution in [1.82, 2.24) is 0 Å². The van der Waals surface area contributed by atoms with E-state index in [0.29, 0.717) is 19.3 Å². The van der Waals surface area contributed by atoms with Gasteiger partial charge in [-0.3, -0.25) is 23.4 Å². The number of rotatable bonds is 57. The monoisotopic (exact) mass is 1040 g/mol. The summed E-state index contributed by atoms with van der Waals surface area (Å²) in [6.45, 7) is 4.65. The predicted molar refractivity (Wildman–Crippen MR) is 298 cm³/mol. The Kier molecular flexibility index (Phi) is 53.6. The number of aliphatic hydroxyl groups is 1. The normalized spacial score (nSPS) is 13.5. The molecule has 0 spiro atoms. The molecule has 0 heterocycles. The number of allylic oxidation sites excluding steroid dienone is 4. The number of carbonyl (C=O) groups is 3. The summed E-state index contributed by atoms with van der Waals surface area (Å²) in [5.41, 5.74) is 0. The maximum Gasteiger partial charge on any atom is 0.472 e. The molecule has 0 aliphatic heterocycles. The molecule has 11 nitrogen and oxygen atoms in total. The highest BCUT2D eigenvalue weighted by Gasteiger charge is 2.28. The van der Waals surface area contributed by atoms with Crippen molar-refractivity contribution in [1.29, 1.82) is 0 Å². The molecule has 0 fully saturated rings. The van der Waals surface area contributed by atoms with Gasteiger partial charge in [0.2, 0.25) is 0 Å². The van der Waals surface area contributed by atoms with Gasteiger partial charge in [-0.2, -0.15) is 0 Å². The zero-order valence-corrected chi connectivity index (χ0v) is 47.8. The fourth-order valence-electron chi connectivity index (χ4n) is 8.74. The van der Waals surface area contributed by atoms with Gasteiger partial charge in [0.1, 0.15) is 12.7 Å². The van der Waals surface area contributed by atoms with Crippen LogP contribution in [0.1, 0.15) is 303 Å². The summed E-state index contributed by atoms with van der Waals surface area (Å²) in [5, 5.41) is 9.78. The Bertz CT molecular complexity index is 1310. The van der Waals surface area contributed by atoms with Gasteiger partial charge in [-0.25, -0.2) is 4.57 Å². The second-order valence-corrected chi connectivity index (χ2v) is 22.0. The van der Waals surface area contributed by atoms with Crippen LogP contribution in [0.15, 0.2) is 24.3 Å². The van der Waals surface area contributed by atoms with Crippen LogP contribution in [0.2, 0.25) is 0 Å². The van der Waals surface area contributed by atoms with Gasteiger partial charge in [0.15, 0.2) is 6.10 Å². The van der Waals surface area contributed by atoms with E-state index in [9.17, 15) is 28.9 Å². The molecule has 0 aromatic rings. The van der Waals surface area contributed by atoms with Gasteiger partial charge in [0.25, 0.3) is 0 Å². The summed E-state index contributed by atoms with van der Waals surface area (Å²) in [5.74, 6) is -1.44. The van der Waals surface area contributed by atoms with Gasteiger partial charge in [-0.05, 0) is 51.4 Å². The van der Waals surface area contributed by atoms with E-state index < -0.39 is 57.8 Å². The summed E-state index contributed by atoms with van der Waals surface area (Å²) < 4.78 is 39.5. The highest BCUT2D eigenvalue weighted by atomic mass is 31.2. The van der Waals surface area contributed by atoms with Crippen molar-refractivity contribution in [2.45, 2.75) is 315 Å². The zero-order chi connectivity index (χ0) is 52.7. The summed E-state index contributed by atoms with van der Waals surface area (Å²) in [6.07, 6.45) is 55.7. The van der Waals surface area contributed by atoms with Gasteiger partial charge in [-0.1, -0.05) is 257 Å². The molecule has 0 saturated carbocycles. The Morgan fingerprint density at radius 3 is 1.06 bits per heavy atom. The average Bonchev–Trinajstić information content (AvgIpc) is 3.37. The maximum absolute atomic E-state index is 12.9. The van der Waals surface area contributed by atoms with Crippen molar-refractivity contribution in [2.24, 2.45) is 0 Å². The minimum absolute atomic E-state index is 0.168. The van der Waals surface area contributed by atoms with Crippen molar-refractivity contribution in [3.63, 3.8) is 0 Å². The largest absolute Gasteiger partial charge is 0.472 e. The first-order valence-corrected chi connectivity index (χ1v) is 31.7. The number of aliphatic hydroxyl groups excluding tert-OH is 1. The van der Waals surface area contributed by atoms with Gasteiger partial charge in [0.05, 0.1) is 19.8 Å². The number of ether oxygens (including phenoxy) is 3. The van der Waals surface area contributed by atoms with Crippen LogP contribution in [0.25, 0.3) is 0 Å². The summed E-state index contributed by atoms with van der Waals surface area (Å²) in [4.78, 5) is 48.5. The molecular weight excluding hydrogens is 928 g/mol. The Morgan fingerprint density at radius 2 is 0.681 bits per heavy atom. The Hall–Kier alpha value is -2.04. The van der Waals surface area contributed by atoms with Crippen molar-refractivity contribution in [2.75, 3.05) is 26.4 Å². The molecular formula is C60H113O11P. The van der Waals surface area contributed by atoms with Crippen LogP contribution in [0.4, 0.5) is 0 Å². The van der Waals surface area contributed by atoms with Crippen LogP contribution in [0.5, 0.6) is 0 Å². The van der Waals surface area contributed by atoms with Crippen molar-refractivity contribution >= 4 is 25.7 Å². The van der Waals surface area contributed by atoms with E-state index in [1.165, 1.54) is 173 Å². The van der Waals surface area contributed by atoms with E-state index in [-0.39, 0.29) is 25.9 Å². The first-order valence-electron chi connectivity index (χ1n) is 30.2. The van der Waals surface area contributed by atoms with Gasteiger partial charge >= 0.3 is 25.7 Å². The molecule has 424 valence electrons. The lowest BCUT2D eigenvalue weighted by molar-refractivity contribution is -0.161. The third-order valence-electron chi connectivity index (χ3n) is 13.4. The quantitative estimate of drug-likeness (QED) is 0.0197. The van der Waals surface area contributed by atoms with Gasteiger partial charge in [-0.15, -0.1) is 0 Å². The van der Waals surface area contributed by atoms with E-state index >= 15 is 0 Å². The molecule has 0 saturated heterocycles. The molecule has 72 heavy (non-hydrogen) atoms. The van der Waals surface area contributed by atoms with Crippen molar-refractivity contribution in [3.8, 4) is 0 Å². The molecule has 0 aromatic heterocycles. The van der Waals surface area contributed by atoms with E-state index in [1.54, 1.807) is 0 Å². The lowest BCUT2D eigenvalue weighted by Crippen LogP contribution is -2.30. The third kappa shape index (κ3) is 52.8. The zero-order valence-electron chi connectivity index (χ0n) is 46.9. The Balaban J connectivity index is 4.66. The molecule has 0 aliphatic carbocycles. The molecule has 0 rings (SSSR count). The van der Waals surface area contributed by atoms with Crippen LogP contribution < -0.4 is 0 Å². The lowest BCUT2D eigenvalue weighted by Gasteiger charge is -2.21. The highest BCUT2D eigenvalue weighted by Crippen LogP contribution is 2.43. The number of phosphoric acid groups is 1. The van der Waals surface area contributed by atoms with Crippen LogP contribution >= 0.6 is 7.82 Å². The van der Waals surface area contributed by atoms with Gasteiger partial charge in [0, 0.05) is 19.3 Å². The fourth-order valence-corrected chi connectivity index (χ4v) is 9.53. The first-order chi connectivity index (χ1) is 35.2. The van der Waals surface area contributed by atoms with Crippen molar-refractivity contribution < 1.29 is 52.2 Å². The standard InChI is InChI=1S/C60H113O11P/c1-4-7-10-13-16-19-21-23-25-27-28-30-32-34-36-39-42-45-48-51-60(64)71-57(53-67-58(62)49-46-43-40-38-35-33-31-29-26-24-22-20-17-14-11-8-5-2)55-69-72(65,66)68-54-56(52-61)70-59(63)50-47-44-41-37-18-15-12-9-6-3/h16,19,23,25,56-57,61H,4-15,17-18,20-22,24,26-55H2,1-3H3,(H,65,66)/b19-16-,25-23-. The SMILES string of the molecule is CCCCC/C=C\C/C=C\CCCCCCCCCCCC(=O)OC(COC(=O)CCCCCCCCCCCCCCCCCCC)COP(=O)(O)OCC(CO)OC(=O)CCCCCCCCCCC. The highest BCUT2D eigenvalue weighted by molar-refractivity contribution is 7.47. The van der Waals surface area contributed by atoms with Crippen LogP contribution in [-0.4, -0.2) is 66.5 Å². The van der Waals surface area contributed by atoms with E-state index in [4.69, 9.17) is 23.3 Å². The molecule has 0 aromatic carbocycles. The van der Waals surface area contributed by atoms with E-state index in [0.717, 1.165) is 70.6 Å². The van der Waals surface area contributed by atoms with E-state index in [1.807, 2.05) is 0 Å². The second kappa shape index (κ2) is 55.2. The molecule has 2 N–H and O–H groups in total. The Morgan fingerprint density at radius 1 is 0.389 bits per heavy atom. The summed E-state index contributed by atoms with van der Waals surface area (Å²) in [6, 6.07) is 0. The molecule has 3 unspecified atom stereocenters. The summed E-state index contributed by atoms with van der Waals surface area (Å²) in [7, 11) is -4.74. The minimum atomic E-state index is -4.74. The smallest absolute Gasteiger partial charge is 0.462 e. The number of hydrogen-bond acceptors (Lipinski definition) is 10. The van der Waals surface area contributed by atoms with Gasteiger partial charge < -0.3 is 24.2 Å². The molecule has 0 amide bonds. The summed E-state index contributed by atoms with van der Waals surface area (Å²) >= 11 is 0. The maximum atomic E-state index is 12.9. The number of carbonyl (C=O) groups excluding carboxylic acids is 3. The average molecular weight is 1040 g/mol. The molecule has 0 radical (unpaired) electrons. The third-order valence-corrected chi connectivity index (χ3v) is 14.3. The fraction of sp³-hybridized carbons (Fsp3) is 0.883. The minimum Gasteiger partial charge on any atom is -0.462 e. The number of phosphoric ester groups is 1. The van der Waals surface area contributed by atoms with Crippen molar-refractivity contribution in [3.05, 3.63) is 24.3 Å². The topological polar surface area (TPSA) is 155 Å². The number of esters is 3. The molecule has 3 atom stereocenters. The molecule has 0 bridgehead atoms. The van der Waals surface area contributed by atoms with Crippen LogP contribution in [0, 0.1) is 0 Å². The lowest BCUT2D eigenvalue weighted by atomic mass is 10.0. The molecule has 0 aliphatic rings. The first kappa shape index (κ1) is 70.0. The molecule has 12 heteroatoms. The predicted octanol–water partition coefficient (Wildman–Crippen LogP) is 17.8. The Labute approximate surface area is 442 Å². The van der Waals surface area contributed by atoms with E-state index in [2.05, 4.69) is 45.1 Å². The number of hydrogen-bond donors (Lipinski definition) is 2. The van der Waals surface area contributed by atoms with Crippen LogP contribution in [-0.2, 0) is 42.2 Å². The van der Waals surface area contributed by atoms with Crippen LogP contribution in [0.3, 0.4) is 0 Å².